The van der Waals surface area contributed by atoms with Crippen LogP contribution in [0.1, 0.15) is 0 Å². The average molecular weight is 759 g/mol. The number of rotatable bonds is 10. The highest BCUT2D eigenvalue weighted by atomic mass is 32.2. The number of anilines is 4. The number of hydrogen-bond acceptors (Lipinski definition) is 8. The molecule has 0 aliphatic heterocycles. The van der Waals surface area contributed by atoms with E-state index in [1.165, 1.54) is 54.6 Å². The van der Waals surface area contributed by atoms with Crippen LogP contribution in [0.15, 0.2) is 168 Å². The third-order valence-electron chi connectivity index (χ3n) is 7.99. The van der Waals surface area contributed by atoms with Crippen LogP contribution in [-0.2, 0) is 20.2 Å². The molecule has 7 aromatic carbocycles. The maximum Gasteiger partial charge on any atom is 0.339 e. The Bertz CT molecular complexity index is 2590. The monoisotopic (exact) mass is 758 g/mol. The first-order valence-electron chi connectivity index (χ1n) is 16.3. The van der Waals surface area contributed by atoms with E-state index < -0.39 is 42.1 Å². The van der Waals surface area contributed by atoms with Crippen LogP contribution in [0.4, 0.5) is 32.3 Å². The van der Waals surface area contributed by atoms with Crippen molar-refractivity contribution in [2.75, 3.05) is 21.3 Å². The number of fused-ring (bicyclic) bond motifs is 2. The molecule has 7 aromatic rings. The van der Waals surface area contributed by atoms with Gasteiger partial charge < -0.3 is 29.6 Å². The SMILES string of the molecule is O=C(Nc1cccc(OS(=O)(=O)c2cccc(S(=O)(=O)Oc3cccc(NC(=O)Nc4ccc5ccccc5c4)c3)c2)c1)Nc1ccc2ccccc2c1. The van der Waals surface area contributed by atoms with Crippen molar-refractivity contribution in [2.24, 2.45) is 0 Å². The Morgan fingerprint density at radius 3 is 1.17 bits per heavy atom. The molecule has 0 bridgehead atoms. The van der Waals surface area contributed by atoms with Crippen LogP contribution in [0.3, 0.4) is 0 Å². The van der Waals surface area contributed by atoms with Gasteiger partial charge in [-0.1, -0.05) is 78.9 Å². The fraction of sp³-hybridized carbons (Fsp3) is 0. The Labute approximate surface area is 310 Å². The molecule has 0 aliphatic carbocycles. The summed E-state index contributed by atoms with van der Waals surface area (Å²) in [6.45, 7) is 0. The third kappa shape index (κ3) is 8.58. The highest BCUT2D eigenvalue weighted by Gasteiger charge is 2.23. The summed E-state index contributed by atoms with van der Waals surface area (Å²) in [5, 5.41) is 14.7. The van der Waals surface area contributed by atoms with E-state index in [-0.39, 0.29) is 22.9 Å². The van der Waals surface area contributed by atoms with Gasteiger partial charge in [-0.05, 0) is 88.3 Å². The summed E-state index contributed by atoms with van der Waals surface area (Å²) in [6, 6.07) is 41.1. The van der Waals surface area contributed by atoms with Crippen molar-refractivity contribution in [1.82, 2.24) is 0 Å². The number of amides is 4. The van der Waals surface area contributed by atoms with Gasteiger partial charge in [-0.2, -0.15) is 16.8 Å². The number of benzene rings is 7. The molecule has 0 heterocycles. The molecule has 0 radical (unpaired) electrons. The van der Waals surface area contributed by atoms with Crippen LogP contribution < -0.4 is 29.6 Å². The first-order valence-corrected chi connectivity index (χ1v) is 19.1. The quantitative estimate of drug-likeness (QED) is 0.100. The smallest absolute Gasteiger partial charge is 0.339 e. The molecule has 0 unspecified atom stereocenters. The lowest BCUT2D eigenvalue weighted by Gasteiger charge is -2.12. The molecular weight excluding hydrogens is 729 g/mol. The van der Waals surface area contributed by atoms with E-state index in [1.54, 1.807) is 24.3 Å². The van der Waals surface area contributed by atoms with Gasteiger partial charge in [-0.3, -0.25) is 0 Å². The topological polar surface area (TPSA) is 169 Å². The summed E-state index contributed by atoms with van der Waals surface area (Å²) in [7, 11) is -9.09. The first kappa shape index (κ1) is 35.5. The van der Waals surface area contributed by atoms with Crippen molar-refractivity contribution in [1.29, 1.82) is 0 Å². The molecular formula is C40H30N4O8S2. The number of nitrogens with one attached hydrogen (secondary N) is 4. The Morgan fingerprint density at radius 2 is 0.741 bits per heavy atom. The Hall–Kier alpha value is -6.90. The molecule has 0 atom stereocenters. The van der Waals surface area contributed by atoms with Gasteiger partial charge in [0.15, 0.2) is 0 Å². The van der Waals surface area contributed by atoms with E-state index >= 15 is 0 Å². The Balaban J connectivity index is 0.986. The maximum atomic E-state index is 13.3. The average Bonchev–Trinajstić information content (AvgIpc) is 3.14. The highest BCUT2D eigenvalue weighted by molar-refractivity contribution is 7.88. The van der Waals surface area contributed by atoms with Crippen molar-refractivity contribution in [3.8, 4) is 11.5 Å². The second-order valence-electron chi connectivity index (χ2n) is 11.9. The van der Waals surface area contributed by atoms with Crippen molar-refractivity contribution in [2.45, 2.75) is 9.79 Å². The molecule has 12 nitrogen and oxygen atoms in total. The largest absolute Gasteiger partial charge is 0.379 e. The van der Waals surface area contributed by atoms with Gasteiger partial charge in [0.2, 0.25) is 0 Å². The highest BCUT2D eigenvalue weighted by Crippen LogP contribution is 2.27. The lowest BCUT2D eigenvalue weighted by molar-refractivity contribution is 0.261. The fourth-order valence-electron chi connectivity index (χ4n) is 5.51. The van der Waals surface area contributed by atoms with Crippen LogP contribution in [0.25, 0.3) is 21.5 Å². The maximum absolute atomic E-state index is 13.3. The van der Waals surface area contributed by atoms with Gasteiger partial charge in [-0.25, -0.2) is 9.59 Å². The zero-order chi connectivity index (χ0) is 37.7. The second-order valence-corrected chi connectivity index (χ2v) is 15.0. The van der Waals surface area contributed by atoms with E-state index in [4.69, 9.17) is 8.37 Å². The minimum Gasteiger partial charge on any atom is -0.379 e. The molecule has 7 rings (SSSR count). The van der Waals surface area contributed by atoms with Crippen LogP contribution in [0.5, 0.6) is 11.5 Å². The predicted molar refractivity (Wildman–Crippen MR) is 208 cm³/mol. The Kier molecular flexibility index (Phi) is 9.85. The van der Waals surface area contributed by atoms with Crippen LogP contribution in [-0.4, -0.2) is 28.9 Å². The van der Waals surface area contributed by atoms with Gasteiger partial charge in [0.1, 0.15) is 21.3 Å². The van der Waals surface area contributed by atoms with E-state index in [9.17, 15) is 26.4 Å². The van der Waals surface area contributed by atoms with Crippen molar-refractivity contribution in [3.63, 3.8) is 0 Å². The molecule has 54 heavy (non-hydrogen) atoms. The fourth-order valence-corrected chi connectivity index (χ4v) is 7.52. The number of carbonyl (C=O) groups is 2. The summed E-state index contributed by atoms with van der Waals surface area (Å²) in [4.78, 5) is 24.5. The number of urea groups is 2. The standard InChI is InChI=1S/C40H30N4O8S2/c45-39(43-33-20-18-27-8-1-3-10-29(27)22-33)41-31-12-5-14-35(24-31)51-53(47,48)37-16-7-17-38(26-37)54(49,50)52-36-15-6-13-32(25-36)42-40(46)44-34-21-19-28-9-2-4-11-30(28)23-34/h1-26H,(H2,41,43,45)(H2,42,44,46). The summed E-state index contributed by atoms with van der Waals surface area (Å²) in [5.41, 5.74) is 1.61. The molecule has 0 fully saturated rings. The molecule has 4 N–H and O–H groups in total. The van der Waals surface area contributed by atoms with Crippen LogP contribution in [0, 0.1) is 0 Å². The zero-order valence-electron chi connectivity index (χ0n) is 28.1. The zero-order valence-corrected chi connectivity index (χ0v) is 29.7. The van der Waals surface area contributed by atoms with Gasteiger partial charge in [-0.15, -0.1) is 0 Å². The van der Waals surface area contributed by atoms with Crippen LogP contribution in [0.2, 0.25) is 0 Å². The molecule has 0 saturated carbocycles. The van der Waals surface area contributed by atoms with Gasteiger partial charge in [0.25, 0.3) is 0 Å². The van der Waals surface area contributed by atoms with Crippen LogP contribution >= 0.6 is 0 Å². The third-order valence-corrected chi connectivity index (χ3v) is 10.5. The summed E-state index contributed by atoms with van der Waals surface area (Å²) >= 11 is 0. The number of hydrogen-bond donors (Lipinski definition) is 4. The van der Waals surface area contributed by atoms with Gasteiger partial charge in [0, 0.05) is 34.9 Å². The van der Waals surface area contributed by atoms with E-state index in [0.29, 0.717) is 11.4 Å². The minimum atomic E-state index is -4.54. The molecule has 270 valence electrons. The van der Waals surface area contributed by atoms with E-state index in [0.717, 1.165) is 27.6 Å². The Morgan fingerprint density at radius 1 is 0.370 bits per heavy atom. The molecule has 0 saturated heterocycles. The van der Waals surface area contributed by atoms with E-state index in [1.807, 2.05) is 72.8 Å². The second kappa shape index (κ2) is 15.0. The lowest BCUT2D eigenvalue weighted by atomic mass is 10.1. The summed E-state index contributed by atoms with van der Waals surface area (Å²) in [5.74, 6) is -0.256. The van der Waals surface area contributed by atoms with Gasteiger partial charge in [0.05, 0.1) is 0 Å². The van der Waals surface area contributed by atoms with Crippen molar-refractivity contribution in [3.05, 3.63) is 158 Å². The number of carbonyl (C=O) groups excluding carboxylic acids is 2. The summed E-state index contributed by atoms with van der Waals surface area (Å²) in [6.07, 6.45) is 0. The molecule has 4 amide bonds. The molecule has 0 spiro atoms. The lowest BCUT2D eigenvalue weighted by Crippen LogP contribution is -2.19. The molecule has 14 heteroatoms. The van der Waals surface area contributed by atoms with Crippen molar-refractivity contribution < 1.29 is 34.8 Å². The predicted octanol–water partition coefficient (Wildman–Crippen LogP) is 8.82. The minimum absolute atomic E-state index is 0.128. The molecule has 0 aromatic heterocycles. The van der Waals surface area contributed by atoms with Crippen molar-refractivity contribution >= 4 is 76.6 Å². The first-order chi connectivity index (χ1) is 26.0. The molecule has 0 aliphatic rings. The normalized spacial score (nSPS) is 11.4. The summed E-state index contributed by atoms with van der Waals surface area (Å²) < 4.78 is 63.6. The van der Waals surface area contributed by atoms with Gasteiger partial charge >= 0.3 is 32.3 Å². The van der Waals surface area contributed by atoms with E-state index in [2.05, 4.69) is 21.3 Å².